The lowest BCUT2D eigenvalue weighted by molar-refractivity contribution is -0.112. The first kappa shape index (κ1) is 21.4. The maximum atomic E-state index is 12.6. The van der Waals surface area contributed by atoms with Crippen molar-refractivity contribution in [1.29, 1.82) is 10.5 Å². The van der Waals surface area contributed by atoms with E-state index < -0.39 is 5.91 Å². The van der Waals surface area contributed by atoms with Crippen molar-refractivity contribution in [3.8, 4) is 22.9 Å². The number of carbonyl (C=O) groups excluding carboxylic acids is 1. The number of nitrogens with zero attached hydrogens (tertiary/aromatic N) is 3. The topological polar surface area (TPSA) is 102 Å². The molecule has 2 N–H and O–H groups in total. The molecule has 7 heteroatoms. The molecule has 0 saturated heterocycles. The van der Waals surface area contributed by atoms with E-state index in [1.807, 2.05) is 26.0 Å². The maximum Gasteiger partial charge on any atom is 0.266 e. The molecule has 0 radical (unpaired) electrons. The number of nitriles is 2. The summed E-state index contributed by atoms with van der Waals surface area (Å²) in [4.78, 5) is 13.9. The number of aromatic hydroxyl groups is 1. The summed E-state index contributed by atoms with van der Waals surface area (Å²) < 4.78 is 2.06. The van der Waals surface area contributed by atoms with Crippen molar-refractivity contribution >= 4 is 29.0 Å². The van der Waals surface area contributed by atoms with Crippen molar-refractivity contribution < 1.29 is 9.90 Å². The number of hydrogen-bond donors (Lipinski definition) is 2. The summed E-state index contributed by atoms with van der Waals surface area (Å²) in [6.45, 7) is 3.90. The number of rotatable bonds is 4. The first-order chi connectivity index (χ1) is 15.4. The molecule has 0 saturated carbocycles. The molecule has 4 rings (SSSR count). The largest absolute Gasteiger partial charge is 0.508 e. The predicted molar refractivity (Wildman–Crippen MR) is 125 cm³/mol. The van der Waals surface area contributed by atoms with Gasteiger partial charge in [0.1, 0.15) is 28.5 Å². The monoisotopic (exact) mass is 442 g/mol. The third kappa shape index (κ3) is 3.91. The van der Waals surface area contributed by atoms with Crippen LogP contribution in [0.25, 0.3) is 11.1 Å². The summed E-state index contributed by atoms with van der Waals surface area (Å²) in [5.41, 5.74) is 4.96. The summed E-state index contributed by atoms with van der Waals surface area (Å²) >= 11 is 1.67. The van der Waals surface area contributed by atoms with Crippen LogP contribution in [0.5, 0.6) is 5.75 Å². The van der Waals surface area contributed by atoms with Crippen LogP contribution in [-0.4, -0.2) is 15.6 Å². The number of aryl methyl sites for hydroxylation is 2. The van der Waals surface area contributed by atoms with E-state index in [9.17, 15) is 20.4 Å². The molecule has 6 nitrogen and oxygen atoms in total. The van der Waals surface area contributed by atoms with Gasteiger partial charge in [-0.25, -0.2) is 0 Å². The van der Waals surface area contributed by atoms with Crippen LogP contribution in [-0.2, 0) is 17.6 Å². The molecule has 0 bridgehead atoms. The molecule has 1 amide bonds. The molecule has 3 aromatic rings. The molecule has 0 spiro atoms. The molecule has 1 aromatic carbocycles. The van der Waals surface area contributed by atoms with E-state index in [0.717, 1.165) is 53.2 Å². The van der Waals surface area contributed by atoms with E-state index in [0.29, 0.717) is 5.69 Å². The minimum Gasteiger partial charge on any atom is -0.508 e. The van der Waals surface area contributed by atoms with Gasteiger partial charge in [0.15, 0.2) is 0 Å². The quantitative estimate of drug-likeness (QED) is 0.331. The van der Waals surface area contributed by atoms with E-state index in [4.69, 9.17) is 0 Å². The first-order valence-electron chi connectivity index (χ1n) is 10.4. The highest BCUT2D eigenvalue weighted by molar-refractivity contribution is 7.15. The zero-order valence-electron chi connectivity index (χ0n) is 17.9. The van der Waals surface area contributed by atoms with Gasteiger partial charge in [-0.1, -0.05) is 0 Å². The molecule has 32 heavy (non-hydrogen) atoms. The molecule has 0 unspecified atom stereocenters. The van der Waals surface area contributed by atoms with Gasteiger partial charge in [-0.3, -0.25) is 4.79 Å². The van der Waals surface area contributed by atoms with Crippen LogP contribution >= 0.6 is 11.3 Å². The Balaban J connectivity index is 1.70. The average Bonchev–Trinajstić information content (AvgIpc) is 3.28. The first-order valence-corrected chi connectivity index (χ1v) is 11.2. The smallest absolute Gasteiger partial charge is 0.266 e. The Labute approximate surface area is 190 Å². The number of thiophene rings is 1. The van der Waals surface area contributed by atoms with Crippen LogP contribution in [0.4, 0.5) is 5.69 Å². The van der Waals surface area contributed by atoms with Crippen LogP contribution in [0.1, 0.15) is 45.8 Å². The molecule has 0 fully saturated rings. The summed E-state index contributed by atoms with van der Waals surface area (Å²) in [6.07, 6.45) is 5.79. The average molecular weight is 443 g/mol. The zero-order valence-corrected chi connectivity index (χ0v) is 18.7. The lowest BCUT2D eigenvalue weighted by Gasteiger charge is -2.10. The van der Waals surface area contributed by atoms with Crippen molar-refractivity contribution in [2.24, 2.45) is 0 Å². The van der Waals surface area contributed by atoms with Gasteiger partial charge in [-0.15, -0.1) is 11.3 Å². The normalized spacial score (nSPS) is 13.2. The third-order valence-corrected chi connectivity index (χ3v) is 7.00. The summed E-state index contributed by atoms with van der Waals surface area (Å²) in [5.74, 6) is -0.425. The number of amides is 1. The van der Waals surface area contributed by atoms with Gasteiger partial charge in [0.2, 0.25) is 0 Å². The number of fused-ring (bicyclic) bond motifs is 1. The van der Waals surface area contributed by atoms with E-state index in [2.05, 4.69) is 16.0 Å². The van der Waals surface area contributed by atoms with Crippen molar-refractivity contribution in [2.45, 2.75) is 39.5 Å². The van der Waals surface area contributed by atoms with Crippen LogP contribution in [0.3, 0.4) is 0 Å². The standard InChI is InChI=1S/C25H22N4O2S/c1-15-11-17(12-18(13-26)24(31)28-19-7-9-20(30)10-8-19)16(2)29(15)25-22(14-27)21-5-3-4-6-23(21)32-25/h7-12,30H,3-6H2,1-2H3,(H,28,31)/b18-12-. The number of aromatic nitrogens is 1. The second kappa shape index (κ2) is 8.74. The van der Waals surface area contributed by atoms with E-state index in [1.165, 1.54) is 22.6 Å². The minimum absolute atomic E-state index is 0.0238. The van der Waals surface area contributed by atoms with E-state index >= 15 is 0 Å². The molecule has 1 aliphatic carbocycles. The molecular formula is C25H22N4O2S. The highest BCUT2D eigenvalue weighted by atomic mass is 32.1. The molecular weight excluding hydrogens is 420 g/mol. The number of hydrogen-bond acceptors (Lipinski definition) is 5. The highest BCUT2D eigenvalue weighted by Gasteiger charge is 2.24. The van der Waals surface area contributed by atoms with Gasteiger partial charge in [-0.05, 0) is 87.1 Å². The predicted octanol–water partition coefficient (Wildman–Crippen LogP) is 5.16. The van der Waals surface area contributed by atoms with Crippen LogP contribution < -0.4 is 5.32 Å². The van der Waals surface area contributed by atoms with Crippen molar-refractivity contribution in [3.63, 3.8) is 0 Å². The third-order valence-electron chi connectivity index (χ3n) is 5.73. The van der Waals surface area contributed by atoms with Crippen LogP contribution in [0.15, 0.2) is 35.9 Å². The molecule has 2 heterocycles. The second-order valence-electron chi connectivity index (χ2n) is 7.84. The van der Waals surface area contributed by atoms with Crippen LogP contribution in [0.2, 0.25) is 0 Å². The summed E-state index contributed by atoms with van der Waals surface area (Å²) in [5, 5.41) is 32.4. The molecule has 2 aromatic heterocycles. The summed E-state index contributed by atoms with van der Waals surface area (Å²) in [6, 6.07) is 12.4. The van der Waals surface area contributed by atoms with Crippen molar-refractivity contribution in [2.75, 3.05) is 5.32 Å². The number of phenolic OH excluding ortho intramolecular Hbond substituents is 1. The van der Waals surface area contributed by atoms with Crippen LogP contribution in [0, 0.1) is 36.5 Å². The molecule has 1 aliphatic rings. The minimum atomic E-state index is -0.521. The fourth-order valence-corrected chi connectivity index (χ4v) is 5.57. The number of benzene rings is 1. The van der Waals surface area contributed by atoms with Gasteiger partial charge in [-0.2, -0.15) is 10.5 Å². The maximum absolute atomic E-state index is 12.6. The fourth-order valence-electron chi connectivity index (χ4n) is 4.12. The Bertz CT molecular complexity index is 1310. The van der Waals surface area contributed by atoms with Gasteiger partial charge >= 0.3 is 0 Å². The Morgan fingerprint density at radius 3 is 2.59 bits per heavy atom. The van der Waals surface area contributed by atoms with Gasteiger partial charge in [0.25, 0.3) is 5.91 Å². The van der Waals surface area contributed by atoms with E-state index in [1.54, 1.807) is 29.5 Å². The Kier molecular flexibility index (Phi) is 5.85. The highest BCUT2D eigenvalue weighted by Crippen LogP contribution is 2.38. The Morgan fingerprint density at radius 1 is 1.19 bits per heavy atom. The molecule has 0 aliphatic heterocycles. The Hall–Kier alpha value is -3.81. The van der Waals surface area contributed by atoms with Crippen molar-refractivity contribution in [3.05, 3.63) is 68.9 Å². The van der Waals surface area contributed by atoms with Crippen molar-refractivity contribution in [1.82, 2.24) is 4.57 Å². The number of carbonyl (C=O) groups is 1. The van der Waals surface area contributed by atoms with Gasteiger partial charge < -0.3 is 15.0 Å². The number of phenols is 1. The number of nitrogens with one attached hydrogen (secondary N) is 1. The van der Waals surface area contributed by atoms with Gasteiger partial charge in [0, 0.05) is 22.0 Å². The fraction of sp³-hybridized carbons (Fsp3) is 0.240. The second-order valence-corrected chi connectivity index (χ2v) is 8.92. The SMILES string of the molecule is Cc1cc(/C=C(/C#N)C(=O)Nc2ccc(O)cc2)c(C)n1-c1sc2c(c1C#N)CCCC2. The Morgan fingerprint density at radius 2 is 1.91 bits per heavy atom. The summed E-state index contributed by atoms with van der Waals surface area (Å²) in [7, 11) is 0. The lowest BCUT2D eigenvalue weighted by atomic mass is 9.96. The molecule has 0 atom stereocenters. The lowest BCUT2D eigenvalue weighted by Crippen LogP contribution is -2.13. The number of anilines is 1. The van der Waals surface area contributed by atoms with E-state index in [-0.39, 0.29) is 11.3 Å². The molecule has 160 valence electrons. The van der Waals surface area contributed by atoms with Gasteiger partial charge in [0.05, 0.1) is 5.56 Å². The zero-order chi connectivity index (χ0) is 22.8.